The average molecular weight is 277 g/mol. The third-order valence-corrected chi connectivity index (χ3v) is 2.74. The Bertz CT molecular complexity index is 461. The first-order valence-corrected chi connectivity index (χ1v) is 7.31. The maximum atomic E-state index is 12.3. The Balaban J connectivity index is 3.05. The van der Waals surface area contributed by atoms with Gasteiger partial charge in [-0.25, -0.2) is 4.98 Å². The van der Waals surface area contributed by atoms with Gasteiger partial charge in [0.25, 0.3) is 5.91 Å². The van der Waals surface area contributed by atoms with Crippen molar-refractivity contribution in [2.75, 3.05) is 11.9 Å². The van der Waals surface area contributed by atoms with Crippen molar-refractivity contribution in [1.82, 2.24) is 10.3 Å². The molecule has 1 amide bonds. The zero-order valence-corrected chi connectivity index (χ0v) is 13.5. The van der Waals surface area contributed by atoms with E-state index >= 15 is 0 Å². The molecule has 0 bridgehead atoms. The van der Waals surface area contributed by atoms with Crippen LogP contribution in [0.3, 0.4) is 0 Å². The minimum absolute atomic E-state index is 0.0543. The van der Waals surface area contributed by atoms with Crippen LogP contribution < -0.4 is 10.6 Å². The monoisotopic (exact) mass is 277 g/mol. The minimum atomic E-state index is -0.241. The molecule has 0 aliphatic heterocycles. The maximum Gasteiger partial charge on any atom is 0.251 e. The number of hydrogen-bond donors (Lipinski definition) is 2. The highest BCUT2D eigenvalue weighted by Gasteiger charge is 2.17. The Kier molecular flexibility index (Phi) is 5.54. The largest absolute Gasteiger partial charge is 0.370 e. The number of carbonyl (C=O) groups excluding carboxylic acids is 1. The summed E-state index contributed by atoms with van der Waals surface area (Å²) in [5.41, 5.74) is 1.36. The fraction of sp³-hybridized carbons (Fsp3) is 0.625. The van der Waals surface area contributed by atoms with Crippen LogP contribution in [-0.4, -0.2) is 23.0 Å². The fourth-order valence-electron chi connectivity index (χ4n) is 1.74. The van der Waals surface area contributed by atoms with Gasteiger partial charge in [0.05, 0.1) is 0 Å². The van der Waals surface area contributed by atoms with Crippen molar-refractivity contribution in [3.05, 3.63) is 23.4 Å². The summed E-state index contributed by atoms with van der Waals surface area (Å²) in [6, 6.07) is 3.70. The van der Waals surface area contributed by atoms with Gasteiger partial charge in [0.15, 0.2) is 0 Å². The molecule has 0 atom stereocenters. The number of hydrogen-bond acceptors (Lipinski definition) is 3. The van der Waals surface area contributed by atoms with Crippen molar-refractivity contribution < 1.29 is 4.79 Å². The van der Waals surface area contributed by atoms with Crippen molar-refractivity contribution >= 4 is 11.7 Å². The Morgan fingerprint density at radius 3 is 2.45 bits per heavy atom. The number of aromatic nitrogens is 1. The molecule has 0 fully saturated rings. The highest BCUT2D eigenvalue weighted by atomic mass is 16.1. The molecule has 1 aromatic rings. The van der Waals surface area contributed by atoms with Crippen LogP contribution in [0.1, 0.15) is 69.9 Å². The van der Waals surface area contributed by atoms with Crippen LogP contribution in [0.2, 0.25) is 0 Å². The molecule has 0 aliphatic rings. The van der Waals surface area contributed by atoms with Crippen LogP contribution in [0.15, 0.2) is 12.1 Å². The van der Waals surface area contributed by atoms with E-state index in [9.17, 15) is 4.79 Å². The minimum Gasteiger partial charge on any atom is -0.370 e. The molecule has 20 heavy (non-hydrogen) atoms. The van der Waals surface area contributed by atoms with Crippen LogP contribution in [0.25, 0.3) is 0 Å². The lowest BCUT2D eigenvalue weighted by Crippen LogP contribution is -2.40. The van der Waals surface area contributed by atoms with E-state index < -0.39 is 0 Å². The highest BCUT2D eigenvalue weighted by Crippen LogP contribution is 2.18. The van der Waals surface area contributed by atoms with E-state index in [1.807, 2.05) is 32.9 Å². The van der Waals surface area contributed by atoms with Gasteiger partial charge in [-0.1, -0.05) is 20.8 Å². The lowest BCUT2D eigenvalue weighted by atomic mass is 10.0. The number of anilines is 1. The molecule has 112 valence electrons. The number of rotatable bonds is 5. The molecule has 0 aromatic carbocycles. The van der Waals surface area contributed by atoms with E-state index in [1.54, 1.807) is 0 Å². The smallest absolute Gasteiger partial charge is 0.251 e. The van der Waals surface area contributed by atoms with Gasteiger partial charge in [0, 0.05) is 23.3 Å². The molecule has 4 heteroatoms. The number of carbonyl (C=O) groups is 1. The molecule has 4 nitrogen and oxygen atoms in total. The first-order chi connectivity index (χ1) is 9.23. The first-order valence-electron chi connectivity index (χ1n) is 7.31. The van der Waals surface area contributed by atoms with Gasteiger partial charge in [0.1, 0.15) is 5.82 Å². The molecular formula is C16H27N3O. The van der Waals surface area contributed by atoms with E-state index in [2.05, 4.69) is 36.4 Å². The van der Waals surface area contributed by atoms with E-state index in [4.69, 9.17) is 0 Å². The molecule has 0 aliphatic carbocycles. The molecule has 0 unspecified atom stereocenters. The highest BCUT2D eigenvalue weighted by molar-refractivity contribution is 5.95. The van der Waals surface area contributed by atoms with Crippen molar-refractivity contribution in [3.8, 4) is 0 Å². The second-order valence-corrected chi connectivity index (χ2v) is 6.45. The summed E-state index contributed by atoms with van der Waals surface area (Å²) in [6.45, 7) is 13.1. The predicted molar refractivity (Wildman–Crippen MR) is 84.3 cm³/mol. The molecule has 2 N–H and O–H groups in total. The maximum absolute atomic E-state index is 12.3. The molecular weight excluding hydrogens is 250 g/mol. The average Bonchev–Trinajstić information content (AvgIpc) is 2.33. The predicted octanol–water partition coefficient (Wildman–Crippen LogP) is 3.56. The number of amides is 1. The lowest BCUT2D eigenvalue weighted by Gasteiger charge is -2.21. The van der Waals surface area contributed by atoms with Crippen LogP contribution >= 0.6 is 0 Å². The van der Waals surface area contributed by atoms with Gasteiger partial charge < -0.3 is 10.6 Å². The van der Waals surface area contributed by atoms with Gasteiger partial charge in [-0.3, -0.25) is 4.79 Å². The second kappa shape index (κ2) is 6.73. The summed E-state index contributed by atoms with van der Waals surface area (Å²) in [4.78, 5) is 16.9. The molecule has 0 saturated carbocycles. The zero-order chi connectivity index (χ0) is 15.3. The number of pyridine rings is 1. The van der Waals surface area contributed by atoms with Gasteiger partial charge in [0.2, 0.25) is 0 Å². The normalized spacial score (nSPS) is 11.6. The summed E-state index contributed by atoms with van der Waals surface area (Å²) in [5, 5.41) is 6.25. The lowest BCUT2D eigenvalue weighted by molar-refractivity contribution is 0.0919. The Morgan fingerprint density at radius 2 is 1.95 bits per heavy atom. The van der Waals surface area contributed by atoms with Crippen molar-refractivity contribution in [1.29, 1.82) is 0 Å². The van der Waals surface area contributed by atoms with Crippen LogP contribution in [0.5, 0.6) is 0 Å². The molecule has 1 heterocycles. The first kappa shape index (κ1) is 16.5. The fourth-order valence-corrected chi connectivity index (χ4v) is 1.74. The third kappa shape index (κ3) is 5.19. The van der Waals surface area contributed by atoms with Crippen LogP contribution in [0, 0.1) is 0 Å². The molecule has 0 saturated heterocycles. The van der Waals surface area contributed by atoms with Gasteiger partial charge in [-0.05, 0) is 45.2 Å². The van der Waals surface area contributed by atoms with E-state index in [-0.39, 0.29) is 11.4 Å². The van der Waals surface area contributed by atoms with Crippen LogP contribution in [-0.2, 0) is 0 Å². The molecule has 1 aromatic heterocycles. The van der Waals surface area contributed by atoms with Crippen LogP contribution in [0.4, 0.5) is 5.82 Å². The molecule has 0 radical (unpaired) electrons. The van der Waals surface area contributed by atoms with Crippen molar-refractivity contribution in [2.45, 2.75) is 59.4 Å². The number of nitrogens with one attached hydrogen (secondary N) is 2. The summed E-state index contributed by atoms with van der Waals surface area (Å²) in [5.74, 6) is 1.01. The van der Waals surface area contributed by atoms with Gasteiger partial charge in [-0.2, -0.15) is 0 Å². The molecule has 1 rings (SSSR count). The summed E-state index contributed by atoms with van der Waals surface area (Å²) in [6.07, 6.45) is 1.02. The van der Waals surface area contributed by atoms with Crippen molar-refractivity contribution in [3.63, 3.8) is 0 Å². The standard InChI is InChI=1S/C16H27N3O/c1-7-8-17-14-10-12(9-13(18-14)11(2)3)15(20)19-16(4,5)6/h9-11H,7-8H2,1-6H3,(H,17,18)(H,19,20). The quantitative estimate of drug-likeness (QED) is 0.865. The third-order valence-electron chi connectivity index (χ3n) is 2.74. The summed E-state index contributed by atoms with van der Waals surface area (Å²) in [7, 11) is 0. The van der Waals surface area contributed by atoms with E-state index in [1.165, 1.54) is 0 Å². The zero-order valence-electron chi connectivity index (χ0n) is 13.5. The Labute approximate surface area is 122 Å². The second-order valence-electron chi connectivity index (χ2n) is 6.45. The Hall–Kier alpha value is -1.58. The number of nitrogens with zero attached hydrogens (tertiary/aromatic N) is 1. The van der Waals surface area contributed by atoms with Gasteiger partial charge in [-0.15, -0.1) is 0 Å². The topological polar surface area (TPSA) is 54.0 Å². The van der Waals surface area contributed by atoms with E-state index in [0.29, 0.717) is 11.5 Å². The summed E-state index contributed by atoms with van der Waals surface area (Å²) >= 11 is 0. The van der Waals surface area contributed by atoms with E-state index in [0.717, 1.165) is 24.5 Å². The van der Waals surface area contributed by atoms with Crippen molar-refractivity contribution in [2.24, 2.45) is 0 Å². The van der Waals surface area contributed by atoms with Gasteiger partial charge >= 0.3 is 0 Å². The Morgan fingerprint density at radius 1 is 1.30 bits per heavy atom. The SMILES string of the molecule is CCCNc1cc(C(=O)NC(C)(C)C)cc(C(C)C)n1. The molecule has 0 spiro atoms. The summed E-state index contributed by atoms with van der Waals surface area (Å²) < 4.78 is 0.